The van der Waals surface area contributed by atoms with Crippen LogP contribution >= 0.6 is 0 Å². The highest BCUT2D eigenvalue weighted by Gasteiger charge is 2.15. The van der Waals surface area contributed by atoms with E-state index >= 15 is 0 Å². The van der Waals surface area contributed by atoms with Crippen molar-refractivity contribution in [1.82, 2.24) is 0 Å². The largest absolute Gasteiger partial charge is 0.497 e. The molecule has 1 unspecified atom stereocenters. The van der Waals surface area contributed by atoms with E-state index in [0.29, 0.717) is 23.7 Å². The maximum Gasteiger partial charge on any atom is 0.279 e. The third kappa shape index (κ3) is 6.00. The Morgan fingerprint density at radius 2 is 1.70 bits per heavy atom. The molecule has 0 bridgehead atoms. The summed E-state index contributed by atoms with van der Waals surface area (Å²) in [6.07, 6.45) is 0. The van der Waals surface area contributed by atoms with Gasteiger partial charge in [-0.1, -0.05) is 45.0 Å². The van der Waals surface area contributed by atoms with Crippen molar-refractivity contribution in [3.8, 4) is 11.5 Å². The van der Waals surface area contributed by atoms with Crippen LogP contribution in [-0.2, 0) is 16.8 Å². The molecule has 0 aliphatic carbocycles. The summed E-state index contributed by atoms with van der Waals surface area (Å²) < 4.78 is 10.5. The van der Waals surface area contributed by atoms with Crippen LogP contribution in [0.3, 0.4) is 0 Å². The van der Waals surface area contributed by atoms with Gasteiger partial charge in [0.2, 0.25) is 0 Å². The van der Waals surface area contributed by atoms with E-state index in [1.165, 1.54) is 11.1 Å². The van der Waals surface area contributed by atoms with E-state index in [-0.39, 0.29) is 11.3 Å². The Balaban J connectivity index is 1.94. The molecule has 27 heavy (non-hydrogen) atoms. The van der Waals surface area contributed by atoms with Gasteiger partial charge in [0.15, 0.2) is 6.54 Å². The van der Waals surface area contributed by atoms with Crippen LogP contribution in [-0.4, -0.2) is 33.7 Å². The van der Waals surface area contributed by atoms with Gasteiger partial charge in [0, 0.05) is 11.6 Å². The molecule has 2 rings (SSSR count). The molecule has 0 radical (unpaired) electrons. The van der Waals surface area contributed by atoms with Gasteiger partial charge in [-0.2, -0.15) is 0 Å². The molecule has 0 saturated heterocycles. The van der Waals surface area contributed by atoms with Crippen LogP contribution in [0.4, 0.5) is 5.69 Å². The van der Waals surface area contributed by atoms with Gasteiger partial charge >= 0.3 is 0 Å². The average Bonchev–Trinajstić information content (AvgIpc) is 2.61. The van der Waals surface area contributed by atoms with E-state index in [2.05, 4.69) is 50.4 Å². The molecule has 2 N–H and O–H groups in total. The number of benzene rings is 2. The molecular weight excluding hydrogens is 340 g/mol. The van der Waals surface area contributed by atoms with Crippen LogP contribution in [0.15, 0.2) is 42.5 Å². The van der Waals surface area contributed by atoms with Crippen LogP contribution in [0.1, 0.15) is 31.9 Å². The van der Waals surface area contributed by atoms with Crippen LogP contribution in [0.25, 0.3) is 0 Å². The fourth-order valence-electron chi connectivity index (χ4n) is 2.90. The second-order valence-corrected chi connectivity index (χ2v) is 7.87. The SMILES string of the molecule is COc1ccc(NC(=O)C[NH+](C)Cc2ccc(C(C)(C)C)cc2)c(OC)c1. The highest BCUT2D eigenvalue weighted by Crippen LogP contribution is 2.28. The number of hydrogen-bond donors (Lipinski definition) is 2. The Labute approximate surface area is 162 Å². The molecular formula is C22H31N2O3+. The second-order valence-electron chi connectivity index (χ2n) is 7.87. The summed E-state index contributed by atoms with van der Waals surface area (Å²) >= 11 is 0. The average molecular weight is 372 g/mol. The maximum absolute atomic E-state index is 12.4. The quantitative estimate of drug-likeness (QED) is 0.787. The Bertz CT molecular complexity index is 764. The molecule has 0 spiro atoms. The molecule has 2 aromatic rings. The Morgan fingerprint density at radius 3 is 2.26 bits per heavy atom. The number of anilines is 1. The summed E-state index contributed by atoms with van der Waals surface area (Å²) in [6.45, 7) is 7.78. The monoisotopic (exact) mass is 371 g/mol. The normalized spacial score (nSPS) is 12.4. The van der Waals surface area contributed by atoms with Gasteiger partial charge in [0.05, 0.1) is 27.0 Å². The highest BCUT2D eigenvalue weighted by atomic mass is 16.5. The van der Waals surface area contributed by atoms with E-state index in [0.717, 1.165) is 11.4 Å². The zero-order valence-corrected chi connectivity index (χ0v) is 17.2. The lowest BCUT2D eigenvalue weighted by atomic mass is 9.87. The number of carbonyl (C=O) groups is 1. The van der Waals surface area contributed by atoms with Gasteiger partial charge in [-0.05, 0) is 23.1 Å². The standard InChI is InChI=1S/C22H30N2O3/c1-22(2,3)17-9-7-16(8-10-17)14-24(4)15-21(25)23-19-12-11-18(26-5)13-20(19)27-6/h7-13H,14-15H2,1-6H3,(H,23,25)/p+1. The first-order chi connectivity index (χ1) is 12.7. The van der Waals surface area contributed by atoms with E-state index < -0.39 is 0 Å². The third-order valence-corrected chi connectivity index (χ3v) is 4.47. The number of methoxy groups -OCH3 is 2. The van der Waals surface area contributed by atoms with Crippen molar-refractivity contribution in [3.05, 3.63) is 53.6 Å². The number of likely N-dealkylation sites (N-methyl/N-ethyl adjacent to an activating group) is 1. The molecule has 0 aromatic heterocycles. The first kappa shape index (κ1) is 20.8. The van der Waals surface area contributed by atoms with Crippen molar-refractivity contribution in [2.24, 2.45) is 0 Å². The summed E-state index contributed by atoms with van der Waals surface area (Å²) in [7, 11) is 5.19. The minimum Gasteiger partial charge on any atom is -0.497 e. The molecule has 1 atom stereocenters. The van der Waals surface area contributed by atoms with Crippen molar-refractivity contribution < 1.29 is 19.2 Å². The molecule has 2 aromatic carbocycles. The maximum atomic E-state index is 12.4. The second kappa shape index (κ2) is 8.91. The molecule has 5 nitrogen and oxygen atoms in total. The summed E-state index contributed by atoms with van der Waals surface area (Å²) in [5.74, 6) is 1.21. The molecule has 1 amide bonds. The topological polar surface area (TPSA) is 52.0 Å². The Hall–Kier alpha value is -2.53. The fraction of sp³-hybridized carbons (Fsp3) is 0.409. The zero-order valence-electron chi connectivity index (χ0n) is 17.2. The Kier molecular flexibility index (Phi) is 6.86. The number of quaternary nitrogens is 1. The predicted molar refractivity (Wildman–Crippen MR) is 109 cm³/mol. The van der Waals surface area contributed by atoms with Crippen molar-refractivity contribution >= 4 is 11.6 Å². The third-order valence-electron chi connectivity index (χ3n) is 4.47. The fourth-order valence-corrected chi connectivity index (χ4v) is 2.90. The van der Waals surface area contributed by atoms with Gasteiger partial charge in [0.25, 0.3) is 5.91 Å². The summed E-state index contributed by atoms with van der Waals surface area (Å²) in [4.78, 5) is 13.5. The van der Waals surface area contributed by atoms with Crippen LogP contribution in [0, 0.1) is 0 Å². The van der Waals surface area contributed by atoms with E-state index in [1.54, 1.807) is 32.4 Å². The number of rotatable bonds is 7. The molecule has 0 aliphatic heterocycles. The molecule has 0 aliphatic rings. The predicted octanol–water partition coefficient (Wildman–Crippen LogP) is 2.65. The number of ether oxygens (including phenoxy) is 2. The van der Waals surface area contributed by atoms with Crippen LogP contribution in [0.5, 0.6) is 11.5 Å². The molecule has 146 valence electrons. The van der Waals surface area contributed by atoms with Crippen LogP contribution in [0.2, 0.25) is 0 Å². The smallest absolute Gasteiger partial charge is 0.279 e. The van der Waals surface area contributed by atoms with Gasteiger partial charge in [0.1, 0.15) is 18.0 Å². The van der Waals surface area contributed by atoms with Crippen molar-refractivity contribution in [1.29, 1.82) is 0 Å². The molecule has 0 saturated carbocycles. The summed E-state index contributed by atoms with van der Waals surface area (Å²) in [5, 5.41) is 2.92. The molecule has 5 heteroatoms. The minimum absolute atomic E-state index is 0.0534. The van der Waals surface area contributed by atoms with Gasteiger partial charge in [-0.3, -0.25) is 4.79 Å². The lowest BCUT2D eigenvalue weighted by Crippen LogP contribution is -3.08. The Morgan fingerprint density at radius 1 is 1.04 bits per heavy atom. The van der Waals surface area contributed by atoms with Crippen molar-refractivity contribution in [3.63, 3.8) is 0 Å². The molecule has 0 fully saturated rings. The van der Waals surface area contributed by atoms with E-state index in [4.69, 9.17) is 9.47 Å². The van der Waals surface area contributed by atoms with Gasteiger partial charge < -0.3 is 19.7 Å². The zero-order chi connectivity index (χ0) is 20.0. The highest BCUT2D eigenvalue weighted by molar-refractivity contribution is 5.93. The minimum atomic E-state index is -0.0534. The number of carbonyl (C=O) groups excluding carboxylic acids is 1. The van der Waals surface area contributed by atoms with E-state index in [9.17, 15) is 4.79 Å². The van der Waals surface area contributed by atoms with Crippen molar-refractivity contribution in [2.75, 3.05) is 33.1 Å². The first-order valence-corrected chi connectivity index (χ1v) is 9.15. The lowest BCUT2D eigenvalue weighted by Gasteiger charge is -2.20. The number of hydrogen-bond acceptors (Lipinski definition) is 3. The summed E-state index contributed by atoms with van der Waals surface area (Å²) in [6, 6.07) is 14.0. The molecule has 0 heterocycles. The lowest BCUT2D eigenvalue weighted by molar-refractivity contribution is -0.885. The van der Waals surface area contributed by atoms with Crippen molar-refractivity contribution in [2.45, 2.75) is 32.7 Å². The summed E-state index contributed by atoms with van der Waals surface area (Å²) in [5.41, 5.74) is 3.32. The van der Waals surface area contributed by atoms with Crippen LogP contribution < -0.4 is 19.7 Å². The van der Waals surface area contributed by atoms with Gasteiger partial charge in [-0.25, -0.2) is 0 Å². The first-order valence-electron chi connectivity index (χ1n) is 9.15. The van der Waals surface area contributed by atoms with Gasteiger partial charge in [-0.15, -0.1) is 0 Å². The van der Waals surface area contributed by atoms with E-state index in [1.807, 2.05) is 7.05 Å². The number of nitrogens with one attached hydrogen (secondary N) is 2. The number of amides is 1.